The Labute approximate surface area is 159 Å². The molecule has 5 heteroatoms. The van der Waals surface area contributed by atoms with Crippen molar-refractivity contribution in [1.82, 2.24) is 0 Å². The molecule has 138 valence electrons. The minimum Gasteiger partial charge on any atom is -0.324 e. The zero-order chi connectivity index (χ0) is 18.8. The van der Waals surface area contributed by atoms with Crippen LogP contribution in [0.3, 0.4) is 0 Å². The molecule has 1 atom stereocenters. The summed E-state index contributed by atoms with van der Waals surface area (Å²) < 4.78 is 0. The van der Waals surface area contributed by atoms with Crippen LogP contribution in [0.25, 0.3) is 0 Å². The van der Waals surface area contributed by atoms with Crippen molar-refractivity contribution in [3.63, 3.8) is 0 Å². The summed E-state index contributed by atoms with van der Waals surface area (Å²) in [5.74, 6) is -0.413. The van der Waals surface area contributed by atoms with E-state index in [1.165, 1.54) is 0 Å². The van der Waals surface area contributed by atoms with Gasteiger partial charge in [0.15, 0.2) is 0 Å². The number of carbonyl (C=O) groups excluding carboxylic acids is 2. The smallest absolute Gasteiger partial charge is 0.244 e. The lowest BCUT2D eigenvalue weighted by Crippen LogP contribution is -2.42. The maximum atomic E-state index is 13.2. The lowest BCUT2D eigenvalue weighted by atomic mass is 10.1. The van der Waals surface area contributed by atoms with E-state index >= 15 is 0 Å². The summed E-state index contributed by atoms with van der Waals surface area (Å²) in [6.45, 7) is 2.05. The summed E-state index contributed by atoms with van der Waals surface area (Å²) in [5.41, 5.74) is 4.32. The quantitative estimate of drug-likeness (QED) is 0.891. The van der Waals surface area contributed by atoms with Gasteiger partial charge < -0.3 is 10.2 Å². The highest BCUT2D eigenvalue weighted by Gasteiger charge is 2.37. The topological polar surface area (TPSA) is 61.8 Å². The number of carbonyl (C=O) groups is 2. The number of rotatable bonds is 4. The summed E-state index contributed by atoms with van der Waals surface area (Å²) >= 11 is 0. The van der Waals surface area contributed by atoms with Crippen LogP contribution in [0.2, 0.25) is 0 Å². The number of aryl methyl sites for hydroxylation is 1. The molecule has 0 aromatic heterocycles. The second-order valence-corrected chi connectivity index (χ2v) is 7.02. The van der Waals surface area contributed by atoms with E-state index in [4.69, 9.17) is 4.99 Å². The van der Waals surface area contributed by atoms with Crippen molar-refractivity contribution in [2.24, 2.45) is 10.9 Å². The van der Waals surface area contributed by atoms with E-state index in [9.17, 15) is 9.59 Å². The van der Waals surface area contributed by atoms with Crippen LogP contribution < -0.4 is 10.2 Å². The van der Waals surface area contributed by atoms with Gasteiger partial charge in [0.05, 0.1) is 17.3 Å². The fourth-order valence-corrected chi connectivity index (χ4v) is 3.92. The summed E-state index contributed by atoms with van der Waals surface area (Å²) in [4.78, 5) is 32.3. The van der Waals surface area contributed by atoms with Crippen molar-refractivity contribution in [2.45, 2.75) is 32.6 Å². The van der Waals surface area contributed by atoms with Gasteiger partial charge in [-0.1, -0.05) is 37.3 Å². The Bertz CT molecular complexity index is 919. The van der Waals surface area contributed by atoms with Crippen LogP contribution in [0.4, 0.5) is 17.1 Å². The Morgan fingerprint density at radius 1 is 1.19 bits per heavy atom. The molecule has 0 saturated heterocycles. The van der Waals surface area contributed by atoms with Gasteiger partial charge in [0, 0.05) is 11.4 Å². The van der Waals surface area contributed by atoms with E-state index in [0.717, 1.165) is 48.3 Å². The van der Waals surface area contributed by atoms with Crippen molar-refractivity contribution in [3.8, 4) is 0 Å². The van der Waals surface area contributed by atoms with E-state index in [2.05, 4.69) is 12.2 Å². The number of hydrogen-bond acceptors (Lipinski definition) is 3. The number of para-hydroxylation sites is 3. The maximum absolute atomic E-state index is 13.2. The van der Waals surface area contributed by atoms with Crippen molar-refractivity contribution < 1.29 is 9.59 Å². The molecule has 2 aliphatic rings. The molecular formula is C22H23N3O2. The SMILES string of the molecule is CCc1ccccc1NC(=O)CN1C(=O)C2CCCC2=Nc2ccccc21. The second-order valence-electron chi connectivity index (χ2n) is 7.02. The monoisotopic (exact) mass is 361 g/mol. The Balaban J connectivity index is 1.61. The Morgan fingerprint density at radius 3 is 2.81 bits per heavy atom. The number of aliphatic imine (C=N–C) groups is 1. The molecule has 1 aliphatic heterocycles. The third kappa shape index (κ3) is 3.37. The molecule has 0 bridgehead atoms. The maximum Gasteiger partial charge on any atom is 0.244 e. The van der Waals surface area contributed by atoms with Gasteiger partial charge in [0.2, 0.25) is 11.8 Å². The zero-order valence-electron chi connectivity index (χ0n) is 15.4. The zero-order valence-corrected chi connectivity index (χ0v) is 15.4. The van der Waals surface area contributed by atoms with Gasteiger partial charge in [-0.2, -0.15) is 0 Å². The molecule has 1 aliphatic carbocycles. The van der Waals surface area contributed by atoms with E-state index < -0.39 is 0 Å². The first kappa shape index (κ1) is 17.5. The molecule has 2 aromatic rings. The third-order valence-electron chi connectivity index (χ3n) is 5.30. The normalized spacial score (nSPS) is 18.4. The molecule has 2 amide bonds. The number of nitrogens with one attached hydrogen (secondary N) is 1. The van der Waals surface area contributed by atoms with E-state index in [-0.39, 0.29) is 24.3 Å². The largest absolute Gasteiger partial charge is 0.324 e. The van der Waals surface area contributed by atoms with E-state index in [1.807, 2.05) is 48.5 Å². The summed E-state index contributed by atoms with van der Waals surface area (Å²) in [6, 6.07) is 15.3. The molecule has 1 saturated carbocycles. The summed E-state index contributed by atoms with van der Waals surface area (Å²) in [6.07, 6.45) is 3.47. The Hall–Kier alpha value is -2.95. The number of anilines is 2. The van der Waals surface area contributed by atoms with Gasteiger partial charge in [-0.15, -0.1) is 0 Å². The van der Waals surface area contributed by atoms with Gasteiger partial charge in [-0.3, -0.25) is 14.6 Å². The molecule has 1 N–H and O–H groups in total. The number of hydrogen-bond donors (Lipinski definition) is 1. The molecule has 2 aromatic carbocycles. The van der Waals surface area contributed by atoms with Crippen LogP contribution in [0.5, 0.6) is 0 Å². The Morgan fingerprint density at radius 2 is 1.96 bits per heavy atom. The fraction of sp³-hybridized carbons (Fsp3) is 0.318. The summed E-state index contributed by atoms with van der Waals surface area (Å²) in [7, 11) is 0. The predicted octanol–water partition coefficient (Wildman–Crippen LogP) is 4.11. The van der Waals surface area contributed by atoms with Gasteiger partial charge in [0.1, 0.15) is 6.54 Å². The number of nitrogens with zero attached hydrogens (tertiary/aromatic N) is 2. The average molecular weight is 361 g/mol. The van der Waals surface area contributed by atoms with E-state index in [0.29, 0.717) is 5.69 Å². The van der Waals surface area contributed by atoms with Crippen LogP contribution in [0.1, 0.15) is 31.7 Å². The molecular weight excluding hydrogens is 338 g/mol. The lowest BCUT2D eigenvalue weighted by Gasteiger charge is -2.24. The van der Waals surface area contributed by atoms with Crippen LogP contribution >= 0.6 is 0 Å². The number of benzene rings is 2. The highest BCUT2D eigenvalue weighted by Crippen LogP contribution is 2.37. The molecule has 0 spiro atoms. The van der Waals surface area contributed by atoms with Crippen LogP contribution in [0, 0.1) is 5.92 Å². The van der Waals surface area contributed by atoms with Gasteiger partial charge >= 0.3 is 0 Å². The lowest BCUT2D eigenvalue weighted by molar-refractivity contribution is -0.122. The highest BCUT2D eigenvalue weighted by molar-refractivity contribution is 6.16. The first-order valence-electron chi connectivity index (χ1n) is 9.53. The highest BCUT2D eigenvalue weighted by atomic mass is 16.2. The molecule has 27 heavy (non-hydrogen) atoms. The predicted molar refractivity (Wildman–Crippen MR) is 108 cm³/mol. The minimum atomic E-state index is -0.201. The Kier molecular flexibility index (Phi) is 4.75. The van der Waals surface area contributed by atoms with Gasteiger partial charge in [0.25, 0.3) is 0 Å². The van der Waals surface area contributed by atoms with Crippen molar-refractivity contribution in [2.75, 3.05) is 16.8 Å². The van der Waals surface area contributed by atoms with E-state index in [1.54, 1.807) is 4.90 Å². The first-order chi connectivity index (χ1) is 13.2. The van der Waals surface area contributed by atoms with Crippen LogP contribution in [-0.2, 0) is 16.0 Å². The number of amides is 2. The molecule has 4 rings (SSSR count). The van der Waals surface area contributed by atoms with Gasteiger partial charge in [-0.25, -0.2) is 0 Å². The minimum absolute atomic E-state index is 0.00675. The van der Waals surface area contributed by atoms with Crippen molar-refractivity contribution >= 4 is 34.6 Å². The molecule has 5 nitrogen and oxygen atoms in total. The standard InChI is InChI=1S/C22H23N3O2/c1-2-15-8-3-4-10-17(15)24-21(26)14-25-20-13-6-5-11-19(20)23-18-12-7-9-16(18)22(25)27/h3-6,8,10-11,13,16H,2,7,9,12,14H2,1H3,(H,24,26). The van der Waals surface area contributed by atoms with Crippen LogP contribution in [-0.4, -0.2) is 24.1 Å². The summed E-state index contributed by atoms with van der Waals surface area (Å²) in [5, 5.41) is 2.97. The van der Waals surface area contributed by atoms with Crippen molar-refractivity contribution in [1.29, 1.82) is 0 Å². The number of fused-ring (bicyclic) bond motifs is 2. The molecule has 0 radical (unpaired) electrons. The second kappa shape index (κ2) is 7.35. The first-order valence-corrected chi connectivity index (χ1v) is 9.53. The average Bonchev–Trinajstić information content (AvgIpc) is 3.11. The van der Waals surface area contributed by atoms with Crippen molar-refractivity contribution in [3.05, 3.63) is 54.1 Å². The molecule has 1 unspecified atom stereocenters. The molecule has 1 heterocycles. The van der Waals surface area contributed by atoms with Gasteiger partial charge in [-0.05, 0) is 49.4 Å². The molecule has 1 fully saturated rings. The third-order valence-corrected chi connectivity index (χ3v) is 5.30. The fourth-order valence-electron chi connectivity index (χ4n) is 3.92. The van der Waals surface area contributed by atoms with Crippen LogP contribution in [0.15, 0.2) is 53.5 Å².